The van der Waals surface area contributed by atoms with Gasteiger partial charge in [0.2, 0.25) is 5.91 Å². The Morgan fingerprint density at radius 2 is 1.97 bits per heavy atom. The third kappa shape index (κ3) is 6.62. The van der Waals surface area contributed by atoms with Crippen molar-refractivity contribution in [2.45, 2.75) is 25.6 Å². The van der Waals surface area contributed by atoms with E-state index in [9.17, 15) is 14.7 Å². The maximum absolute atomic E-state index is 12.3. The molecule has 0 unspecified atom stereocenters. The summed E-state index contributed by atoms with van der Waals surface area (Å²) in [7, 11) is 0. The van der Waals surface area contributed by atoms with E-state index in [-0.39, 0.29) is 37.6 Å². The summed E-state index contributed by atoms with van der Waals surface area (Å²) in [6, 6.07) is 13.1. The molecule has 3 amide bonds. The van der Waals surface area contributed by atoms with Gasteiger partial charge in [0.1, 0.15) is 5.76 Å². The van der Waals surface area contributed by atoms with E-state index in [1.165, 1.54) is 11.8 Å². The lowest BCUT2D eigenvalue weighted by atomic mass is 9.92. The van der Waals surface area contributed by atoms with Crippen molar-refractivity contribution in [1.29, 1.82) is 0 Å². The van der Waals surface area contributed by atoms with Gasteiger partial charge < -0.3 is 25.5 Å². The number of rotatable bonds is 8. The van der Waals surface area contributed by atoms with Gasteiger partial charge in [-0.15, -0.1) is 0 Å². The van der Waals surface area contributed by atoms with E-state index in [0.717, 1.165) is 19.5 Å². The van der Waals surface area contributed by atoms with E-state index in [0.29, 0.717) is 12.3 Å². The molecule has 0 bridgehead atoms. The summed E-state index contributed by atoms with van der Waals surface area (Å²) in [5, 5.41) is 17.8. The number of nitrogens with one attached hydrogen (secondary N) is 3. The van der Waals surface area contributed by atoms with Gasteiger partial charge in [0.15, 0.2) is 0 Å². The number of aliphatic hydroxyl groups is 1. The highest BCUT2D eigenvalue weighted by atomic mass is 16.3. The largest absolute Gasteiger partial charge is 0.467 e. The number of nitrogens with zero attached hydrogens (tertiary/aromatic N) is 1. The number of benzene rings is 1. The fraction of sp³-hybridized carbons (Fsp3) is 0.429. The molecule has 29 heavy (non-hydrogen) atoms. The number of carbonyl (C=O) groups is 2. The lowest BCUT2D eigenvalue weighted by Crippen LogP contribution is -2.55. The molecule has 0 saturated carbocycles. The minimum absolute atomic E-state index is 0.0127. The molecule has 0 radical (unpaired) electrons. The van der Waals surface area contributed by atoms with Gasteiger partial charge in [0.05, 0.1) is 19.4 Å². The molecule has 4 N–H and O–H groups in total. The zero-order valence-electron chi connectivity index (χ0n) is 16.3. The Labute approximate surface area is 170 Å². The number of aliphatic hydroxyl groups excluding tert-OH is 1. The Balaban J connectivity index is 1.43. The van der Waals surface area contributed by atoms with Crippen LogP contribution in [-0.2, 0) is 17.9 Å². The van der Waals surface area contributed by atoms with Gasteiger partial charge in [-0.2, -0.15) is 0 Å². The zero-order chi connectivity index (χ0) is 20.5. The van der Waals surface area contributed by atoms with Gasteiger partial charge in [-0.3, -0.25) is 9.69 Å². The normalized spacial score (nSPS) is 19.5. The lowest BCUT2D eigenvalue weighted by molar-refractivity contribution is -0.121. The predicted molar refractivity (Wildman–Crippen MR) is 108 cm³/mol. The van der Waals surface area contributed by atoms with Crippen molar-refractivity contribution in [3.8, 4) is 0 Å². The highest BCUT2D eigenvalue weighted by Crippen LogP contribution is 2.19. The zero-order valence-corrected chi connectivity index (χ0v) is 16.3. The smallest absolute Gasteiger partial charge is 0.315 e. The van der Waals surface area contributed by atoms with E-state index < -0.39 is 6.03 Å². The third-order valence-electron chi connectivity index (χ3n) is 5.08. The molecule has 8 heteroatoms. The number of likely N-dealkylation sites (tertiary alicyclic amines) is 1. The predicted octanol–water partition coefficient (Wildman–Crippen LogP) is 1.08. The Kier molecular flexibility index (Phi) is 7.66. The molecule has 0 aliphatic carbocycles. The van der Waals surface area contributed by atoms with Crippen LogP contribution in [0.4, 0.5) is 4.79 Å². The first kappa shape index (κ1) is 20.9. The Morgan fingerprint density at radius 1 is 1.14 bits per heavy atom. The Bertz CT molecular complexity index is 766. The minimum Gasteiger partial charge on any atom is -0.467 e. The fourth-order valence-corrected chi connectivity index (χ4v) is 3.50. The van der Waals surface area contributed by atoms with E-state index in [2.05, 4.69) is 33.0 Å². The number of urea groups is 1. The molecule has 1 saturated heterocycles. The van der Waals surface area contributed by atoms with E-state index in [4.69, 9.17) is 4.42 Å². The first-order valence-electron chi connectivity index (χ1n) is 9.84. The molecular weight excluding hydrogens is 372 g/mol. The molecule has 2 atom stereocenters. The number of carbonyl (C=O) groups excluding carboxylic acids is 2. The van der Waals surface area contributed by atoms with Crippen molar-refractivity contribution >= 4 is 11.9 Å². The van der Waals surface area contributed by atoms with Gasteiger partial charge in [0.25, 0.3) is 0 Å². The summed E-state index contributed by atoms with van der Waals surface area (Å²) < 4.78 is 5.14. The quantitative estimate of drug-likeness (QED) is 0.531. The molecular formula is C21H28N4O4. The highest BCUT2D eigenvalue weighted by Gasteiger charge is 2.29. The molecule has 2 heterocycles. The minimum atomic E-state index is -0.440. The summed E-state index contributed by atoms with van der Waals surface area (Å²) in [4.78, 5) is 26.4. The van der Waals surface area contributed by atoms with Crippen LogP contribution in [0.5, 0.6) is 0 Å². The molecule has 0 spiro atoms. The molecule has 1 fully saturated rings. The molecule has 1 aromatic heterocycles. The number of furan rings is 1. The van der Waals surface area contributed by atoms with Crippen LogP contribution >= 0.6 is 0 Å². The topological polar surface area (TPSA) is 107 Å². The average molecular weight is 400 g/mol. The number of hydrogen-bond donors (Lipinski definition) is 4. The number of piperidine rings is 1. The fourth-order valence-electron chi connectivity index (χ4n) is 3.50. The monoisotopic (exact) mass is 400 g/mol. The van der Waals surface area contributed by atoms with Crippen molar-refractivity contribution in [3.05, 3.63) is 60.1 Å². The van der Waals surface area contributed by atoms with Crippen LogP contribution in [0.15, 0.2) is 53.1 Å². The van der Waals surface area contributed by atoms with Crippen molar-refractivity contribution in [2.75, 3.05) is 26.2 Å². The molecule has 1 aliphatic heterocycles. The number of amides is 3. The molecule has 3 rings (SSSR count). The van der Waals surface area contributed by atoms with E-state index >= 15 is 0 Å². The summed E-state index contributed by atoms with van der Waals surface area (Å²) >= 11 is 0. The first-order chi connectivity index (χ1) is 14.1. The highest BCUT2D eigenvalue weighted by molar-refractivity contribution is 5.84. The van der Waals surface area contributed by atoms with Gasteiger partial charge in [-0.1, -0.05) is 30.3 Å². The number of hydrogen-bond acceptors (Lipinski definition) is 5. The molecule has 1 aromatic carbocycles. The van der Waals surface area contributed by atoms with Gasteiger partial charge in [-0.25, -0.2) is 4.79 Å². The van der Waals surface area contributed by atoms with Crippen LogP contribution in [0.25, 0.3) is 0 Å². The van der Waals surface area contributed by atoms with E-state index in [1.807, 2.05) is 18.2 Å². The van der Waals surface area contributed by atoms with Gasteiger partial charge in [-0.05, 0) is 30.7 Å². The van der Waals surface area contributed by atoms with Crippen LogP contribution in [0.1, 0.15) is 17.7 Å². The second-order valence-corrected chi connectivity index (χ2v) is 7.24. The average Bonchev–Trinajstić information content (AvgIpc) is 3.25. The molecule has 8 nitrogen and oxygen atoms in total. The van der Waals surface area contributed by atoms with Crippen LogP contribution in [0.3, 0.4) is 0 Å². The Morgan fingerprint density at radius 3 is 2.69 bits per heavy atom. The van der Waals surface area contributed by atoms with Crippen molar-refractivity contribution in [2.24, 2.45) is 5.92 Å². The summed E-state index contributed by atoms with van der Waals surface area (Å²) in [5.74, 6) is 0.373. The van der Waals surface area contributed by atoms with E-state index in [1.54, 1.807) is 12.1 Å². The van der Waals surface area contributed by atoms with Crippen LogP contribution < -0.4 is 16.0 Å². The van der Waals surface area contributed by atoms with Crippen LogP contribution in [-0.4, -0.2) is 54.2 Å². The van der Waals surface area contributed by atoms with Crippen molar-refractivity contribution in [1.82, 2.24) is 20.9 Å². The Hall–Kier alpha value is -2.84. The lowest BCUT2D eigenvalue weighted by Gasteiger charge is -2.38. The van der Waals surface area contributed by atoms with Crippen LogP contribution in [0, 0.1) is 5.92 Å². The second kappa shape index (κ2) is 10.6. The van der Waals surface area contributed by atoms with Crippen LogP contribution in [0.2, 0.25) is 0 Å². The molecule has 156 valence electrons. The second-order valence-electron chi connectivity index (χ2n) is 7.24. The third-order valence-corrected chi connectivity index (χ3v) is 5.08. The summed E-state index contributed by atoms with van der Waals surface area (Å²) in [6.07, 6.45) is 2.34. The maximum Gasteiger partial charge on any atom is 0.315 e. The SMILES string of the molecule is O=C(CNC(=O)NCc1ccco1)N[C@H]1CN(Cc2ccccc2)CC[C@H]1CO. The van der Waals surface area contributed by atoms with Crippen molar-refractivity contribution < 1.29 is 19.1 Å². The van der Waals surface area contributed by atoms with Crippen molar-refractivity contribution in [3.63, 3.8) is 0 Å². The summed E-state index contributed by atoms with van der Waals surface area (Å²) in [5.41, 5.74) is 1.22. The molecule has 2 aromatic rings. The van der Waals surface area contributed by atoms with Gasteiger partial charge >= 0.3 is 6.03 Å². The standard InChI is InChI=1S/C21H28N4O4/c26-15-17-8-9-25(13-16-5-2-1-3-6-16)14-19(17)24-20(27)12-23-21(28)22-11-18-7-4-10-29-18/h1-7,10,17,19,26H,8-9,11-15H2,(H,24,27)(H2,22,23,28)/t17-,19-/m0/s1. The summed E-state index contributed by atoms with van der Waals surface area (Å²) in [6.45, 7) is 2.50. The first-order valence-corrected chi connectivity index (χ1v) is 9.84. The molecule has 1 aliphatic rings. The van der Waals surface area contributed by atoms with Gasteiger partial charge in [0, 0.05) is 31.7 Å². The maximum atomic E-state index is 12.3.